The van der Waals surface area contributed by atoms with E-state index in [2.05, 4.69) is 26.2 Å². The van der Waals surface area contributed by atoms with Gasteiger partial charge in [0.2, 0.25) is 0 Å². The predicted octanol–water partition coefficient (Wildman–Crippen LogP) is 1.83. The maximum Gasteiger partial charge on any atom is 0.332 e. The first kappa shape index (κ1) is 15.4. The number of para-hydroxylation sites is 1. The smallest absolute Gasteiger partial charge is 0.332 e. The minimum Gasteiger partial charge on any atom is -0.464 e. The highest BCUT2D eigenvalue weighted by Gasteiger charge is 2.23. The number of anilines is 1. The van der Waals surface area contributed by atoms with Gasteiger partial charge in [-0.2, -0.15) is 0 Å². The molecule has 2 aromatic rings. The Morgan fingerprint density at radius 2 is 2.24 bits per heavy atom. The minimum atomic E-state index is -1.37. The molecule has 0 saturated heterocycles. The molecule has 0 aliphatic rings. The second kappa shape index (κ2) is 6.64. The van der Waals surface area contributed by atoms with Gasteiger partial charge in [-0.25, -0.2) is 4.79 Å². The number of aromatic nitrogens is 1. The number of ether oxygens (including phenoxy) is 1. The van der Waals surface area contributed by atoms with Crippen LogP contribution >= 0.6 is 15.9 Å². The van der Waals surface area contributed by atoms with Gasteiger partial charge in [-0.15, -0.1) is 0 Å². The number of carbonyl (C=O) groups is 2. The Bertz CT molecular complexity index is 690. The molecule has 0 bridgehead atoms. The number of fused-ring (bicyclic) bond motifs is 1. The zero-order valence-corrected chi connectivity index (χ0v) is 12.9. The first-order chi connectivity index (χ1) is 10.0. The molecular formula is C14H14BrN3O3. The molecule has 7 heteroatoms. The van der Waals surface area contributed by atoms with Crippen LogP contribution in [0.5, 0.6) is 0 Å². The number of carbonyl (C=O) groups excluding carboxylic acids is 2. The van der Waals surface area contributed by atoms with Crippen LogP contribution in [0, 0.1) is 0 Å². The fraction of sp³-hybridized carbons (Fsp3) is 0.214. The third kappa shape index (κ3) is 3.56. The highest BCUT2D eigenvalue weighted by Crippen LogP contribution is 2.23. The van der Waals surface area contributed by atoms with Gasteiger partial charge in [0.1, 0.15) is 0 Å². The summed E-state index contributed by atoms with van der Waals surface area (Å²) in [7, 11) is 0. The summed E-state index contributed by atoms with van der Waals surface area (Å²) in [6.07, 6.45) is 1.63. The summed E-state index contributed by atoms with van der Waals surface area (Å²) in [5, 5.41) is 3.45. The Balaban J connectivity index is 2.23. The van der Waals surface area contributed by atoms with Gasteiger partial charge < -0.3 is 15.8 Å². The van der Waals surface area contributed by atoms with Crippen LogP contribution in [0.4, 0.5) is 5.69 Å². The van der Waals surface area contributed by atoms with Gasteiger partial charge in [-0.05, 0) is 35.0 Å². The van der Waals surface area contributed by atoms with E-state index in [1.807, 2.05) is 12.1 Å². The van der Waals surface area contributed by atoms with Crippen molar-refractivity contribution in [2.75, 3.05) is 11.9 Å². The minimum absolute atomic E-state index is 0.170. The van der Waals surface area contributed by atoms with Crippen molar-refractivity contribution in [1.29, 1.82) is 0 Å². The maximum absolute atomic E-state index is 12.0. The number of nitrogens with zero attached hydrogens (tertiary/aromatic N) is 1. The van der Waals surface area contributed by atoms with E-state index in [1.54, 1.807) is 25.3 Å². The normalized spacial score (nSPS) is 12.0. The Morgan fingerprint density at radius 1 is 1.48 bits per heavy atom. The van der Waals surface area contributed by atoms with Crippen LogP contribution in [0.15, 0.2) is 34.9 Å². The molecule has 1 heterocycles. The molecule has 21 heavy (non-hydrogen) atoms. The van der Waals surface area contributed by atoms with E-state index in [-0.39, 0.29) is 6.61 Å². The number of hydrogen-bond donors (Lipinski definition) is 2. The number of benzene rings is 1. The van der Waals surface area contributed by atoms with Crippen LogP contribution < -0.4 is 11.1 Å². The lowest BCUT2D eigenvalue weighted by Crippen LogP contribution is -2.43. The van der Waals surface area contributed by atoms with Gasteiger partial charge >= 0.3 is 5.97 Å². The van der Waals surface area contributed by atoms with Gasteiger partial charge in [0, 0.05) is 16.1 Å². The van der Waals surface area contributed by atoms with Crippen molar-refractivity contribution >= 4 is 44.4 Å². The van der Waals surface area contributed by atoms with Gasteiger partial charge in [0.05, 0.1) is 17.8 Å². The maximum atomic E-state index is 12.0. The summed E-state index contributed by atoms with van der Waals surface area (Å²) in [4.78, 5) is 27.7. The zero-order valence-electron chi connectivity index (χ0n) is 11.3. The molecule has 0 aliphatic heterocycles. The lowest BCUT2D eigenvalue weighted by molar-refractivity contribution is -0.146. The summed E-state index contributed by atoms with van der Waals surface area (Å²) in [5.74, 6) is -1.39. The van der Waals surface area contributed by atoms with E-state index in [0.717, 1.165) is 9.86 Å². The van der Waals surface area contributed by atoms with Crippen LogP contribution in [0.25, 0.3) is 10.9 Å². The molecule has 0 saturated carbocycles. The van der Waals surface area contributed by atoms with Gasteiger partial charge in [-0.1, -0.05) is 12.1 Å². The number of rotatable bonds is 4. The monoisotopic (exact) mass is 351 g/mol. The third-order valence-electron chi connectivity index (χ3n) is 2.76. The van der Waals surface area contributed by atoms with E-state index >= 15 is 0 Å². The fourth-order valence-electron chi connectivity index (χ4n) is 1.78. The molecule has 1 aromatic carbocycles. The van der Waals surface area contributed by atoms with Crippen molar-refractivity contribution in [3.8, 4) is 0 Å². The first-order valence-electron chi connectivity index (χ1n) is 6.30. The number of amides is 1. The number of hydrogen-bond acceptors (Lipinski definition) is 5. The predicted molar refractivity (Wildman–Crippen MR) is 82.7 cm³/mol. The summed E-state index contributed by atoms with van der Waals surface area (Å²) < 4.78 is 5.55. The molecule has 0 spiro atoms. The molecule has 1 aromatic heterocycles. The number of halogens is 1. The van der Waals surface area contributed by atoms with Crippen molar-refractivity contribution in [2.24, 2.45) is 5.73 Å². The summed E-state index contributed by atoms with van der Waals surface area (Å²) in [6, 6.07) is 5.86. The molecule has 1 atom stereocenters. The summed E-state index contributed by atoms with van der Waals surface area (Å²) in [6.45, 7) is 1.82. The lowest BCUT2D eigenvalue weighted by atomic mass is 10.2. The SMILES string of the molecule is CCOC(=O)C(N)C(=O)Nc1cccc2cc(Br)cnc12. The Morgan fingerprint density at radius 3 is 2.95 bits per heavy atom. The average molecular weight is 352 g/mol. The van der Waals surface area contributed by atoms with Crippen molar-refractivity contribution < 1.29 is 14.3 Å². The van der Waals surface area contributed by atoms with Gasteiger partial charge in [-0.3, -0.25) is 9.78 Å². The standard InChI is InChI=1S/C14H14BrN3O3/c1-2-21-14(20)11(16)13(19)18-10-5-3-4-8-6-9(15)7-17-12(8)10/h3-7,11H,2,16H2,1H3,(H,18,19). The fourth-order valence-corrected chi connectivity index (χ4v) is 2.13. The summed E-state index contributed by atoms with van der Waals surface area (Å²) >= 11 is 3.34. The molecule has 110 valence electrons. The number of nitrogens with two attached hydrogens (primary N) is 1. The quantitative estimate of drug-likeness (QED) is 0.647. The second-order valence-electron chi connectivity index (χ2n) is 4.25. The molecule has 0 radical (unpaired) electrons. The number of pyridine rings is 1. The highest BCUT2D eigenvalue weighted by molar-refractivity contribution is 9.10. The second-order valence-corrected chi connectivity index (χ2v) is 5.17. The van der Waals surface area contributed by atoms with Crippen molar-refractivity contribution in [2.45, 2.75) is 13.0 Å². The molecule has 1 unspecified atom stereocenters. The number of nitrogens with one attached hydrogen (secondary N) is 1. The lowest BCUT2D eigenvalue weighted by Gasteiger charge is -2.12. The summed E-state index contributed by atoms with van der Waals surface area (Å²) in [5.41, 5.74) is 6.65. The van der Waals surface area contributed by atoms with Crippen LogP contribution in [-0.2, 0) is 14.3 Å². The highest BCUT2D eigenvalue weighted by atomic mass is 79.9. The Kier molecular flexibility index (Phi) is 4.87. The Labute approximate surface area is 129 Å². The van der Waals surface area contributed by atoms with Gasteiger partial charge in [0.25, 0.3) is 5.91 Å². The molecule has 6 nitrogen and oxygen atoms in total. The average Bonchev–Trinajstić information content (AvgIpc) is 2.46. The first-order valence-corrected chi connectivity index (χ1v) is 7.09. The molecule has 0 aliphatic carbocycles. The topological polar surface area (TPSA) is 94.3 Å². The van der Waals surface area contributed by atoms with Crippen LogP contribution in [0.2, 0.25) is 0 Å². The van der Waals surface area contributed by atoms with E-state index in [1.165, 1.54) is 0 Å². The largest absolute Gasteiger partial charge is 0.464 e. The van der Waals surface area contributed by atoms with E-state index in [9.17, 15) is 9.59 Å². The van der Waals surface area contributed by atoms with Crippen LogP contribution in [0.1, 0.15) is 6.92 Å². The third-order valence-corrected chi connectivity index (χ3v) is 3.19. The number of esters is 1. The van der Waals surface area contributed by atoms with E-state index in [4.69, 9.17) is 10.5 Å². The zero-order chi connectivity index (χ0) is 15.4. The van der Waals surface area contributed by atoms with E-state index in [0.29, 0.717) is 11.2 Å². The van der Waals surface area contributed by atoms with Crippen LogP contribution in [0.3, 0.4) is 0 Å². The Hall–Kier alpha value is -1.99. The van der Waals surface area contributed by atoms with Gasteiger partial charge in [0.15, 0.2) is 6.04 Å². The molecular weight excluding hydrogens is 338 g/mol. The van der Waals surface area contributed by atoms with Crippen molar-refractivity contribution in [1.82, 2.24) is 4.98 Å². The van der Waals surface area contributed by atoms with Crippen molar-refractivity contribution in [3.05, 3.63) is 34.9 Å². The van der Waals surface area contributed by atoms with E-state index < -0.39 is 17.9 Å². The molecule has 1 amide bonds. The van der Waals surface area contributed by atoms with Crippen LogP contribution in [-0.4, -0.2) is 29.5 Å². The van der Waals surface area contributed by atoms with Crippen molar-refractivity contribution in [3.63, 3.8) is 0 Å². The molecule has 2 rings (SSSR count). The molecule has 0 fully saturated rings. The molecule has 3 N–H and O–H groups in total.